The van der Waals surface area contributed by atoms with Crippen LogP contribution in [0.15, 0.2) is 30.5 Å². The van der Waals surface area contributed by atoms with Crippen molar-refractivity contribution in [3.05, 3.63) is 36.0 Å². The highest BCUT2D eigenvalue weighted by Crippen LogP contribution is 2.21. The Morgan fingerprint density at radius 1 is 1.32 bits per heavy atom. The van der Waals surface area contributed by atoms with Crippen molar-refractivity contribution in [1.29, 1.82) is 5.26 Å². The van der Waals surface area contributed by atoms with Gasteiger partial charge in [0.1, 0.15) is 23.2 Å². The minimum absolute atomic E-state index is 0.428. The SMILES string of the molecule is CCOc1ccc(-c2ncc(C#N)c(NC)n2)cc1. The minimum atomic E-state index is 0.428. The van der Waals surface area contributed by atoms with Crippen molar-refractivity contribution in [2.45, 2.75) is 6.92 Å². The highest BCUT2D eigenvalue weighted by molar-refractivity contribution is 5.61. The summed E-state index contributed by atoms with van der Waals surface area (Å²) in [5.41, 5.74) is 1.31. The third-order valence-corrected chi connectivity index (χ3v) is 2.57. The summed E-state index contributed by atoms with van der Waals surface area (Å²) in [5.74, 6) is 1.92. The van der Waals surface area contributed by atoms with Crippen LogP contribution in [0.1, 0.15) is 12.5 Å². The number of rotatable bonds is 4. The molecule has 19 heavy (non-hydrogen) atoms. The van der Waals surface area contributed by atoms with Gasteiger partial charge in [-0.2, -0.15) is 5.26 Å². The number of anilines is 1. The van der Waals surface area contributed by atoms with E-state index in [1.165, 1.54) is 6.20 Å². The maximum Gasteiger partial charge on any atom is 0.161 e. The average Bonchev–Trinajstić information content (AvgIpc) is 2.47. The topological polar surface area (TPSA) is 70.8 Å². The van der Waals surface area contributed by atoms with Crippen LogP contribution in [0.5, 0.6) is 5.75 Å². The van der Waals surface area contributed by atoms with Gasteiger partial charge >= 0.3 is 0 Å². The van der Waals surface area contributed by atoms with Crippen molar-refractivity contribution >= 4 is 5.82 Å². The van der Waals surface area contributed by atoms with E-state index in [9.17, 15) is 0 Å². The molecule has 0 saturated heterocycles. The first-order chi connectivity index (χ1) is 9.28. The lowest BCUT2D eigenvalue weighted by Crippen LogP contribution is -2.00. The van der Waals surface area contributed by atoms with Gasteiger partial charge in [0.2, 0.25) is 0 Å². The number of benzene rings is 1. The number of hydrogen-bond acceptors (Lipinski definition) is 5. The van der Waals surface area contributed by atoms with E-state index in [0.29, 0.717) is 23.8 Å². The smallest absolute Gasteiger partial charge is 0.161 e. The molecule has 0 aliphatic rings. The van der Waals surface area contributed by atoms with E-state index < -0.39 is 0 Å². The zero-order chi connectivity index (χ0) is 13.7. The van der Waals surface area contributed by atoms with Crippen molar-refractivity contribution in [2.24, 2.45) is 0 Å². The average molecular weight is 254 g/mol. The number of ether oxygens (including phenoxy) is 1. The molecule has 0 fully saturated rings. The van der Waals surface area contributed by atoms with Crippen LogP contribution in [-0.2, 0) is 0 Å². The molecule has 0 radical (unpaired) electrons. The maximum absolute atomic E-state index is 8.92. The molecule has 1 aromatic carbocycles. The van der Waals surface area contributed by atoms with E-state index in [-0.39, 0.29) is 0 Å². The van der Waals surface area contributed by atoms with Crippen molar-refractivity contribution in [2.75, 3.05) is 19.0 Å². The van der Waals surface area contributed by atoms with E-state index in [0.717, 1.165) is 11.3 Å². The first-order valence-corrected chi connectivity index (χ1v) is 5.96. The first-order valence-electron chi connectivity index (χ1n) is 5.96. The van der Waals surface area contributed by atoms with Crippen LogP contribution in [0.2, 0.25) is 0 Å². The monoisotopic (exact) mass is 254 g/mol. The van der Waals surface area contributed by atoms with Gasteiger partial charge in [0.15, 0.2) is 5.82 Å². The second-order valence-corrected chi connectivity index (χ2v) is 3.78. The predicted octanol–water partition coefficient (Wildman–Crippen LogP) is 2.46. The molecule has 1 heterocycles. The molecule has 2 aromatic rings. The van der Waals surface area contributed by atoms with Gasteiger partial charge in [-0.05, 0) is 31.2 Å². The number of hydrogen-bond donors (Lipinski definition) is 1. The Hall–Kier alpha value is -2.61. The Bertz CT molecular complexity index is 602. The molecule has 0 spiro atoms. The van der Waals surface area contributed by atoms with Gasteiger partial charge in [0, 0.05) is 12.6 Å². The molecular formula is C14H14N4O. The van der Waals surface area contributed by atoms with Crippen molar-refractivity contribution in [3.8, 4) is 23.2 Å². The third kappa shape index (κ3) is 2.80. The minimum Gasteiger partial charge on any atom is -0.494 e. The normalized spacial score (nSPS) is 9.74. The van der Waals surface area contributed by atoms with Crippen LogP contribution < -0.4 is 10.1 Å². The van der Waals surface area contributed by atoms with E-state index in [2.05, 4.69) is 15.3 Å². The Morgan fingerprint density at radius 3 is 2.63 bits per heavy atom. The largest absolute Gasteiger partial charge is 0.494 e. The van der Waals surface area contributed by atoms with Crippen LogP contribution in [0, 0.1) is 11.3 Å². The van der Waals surface area contributed by atoms with Gasteiger partial charge in [-0.3, -0.25) is 0 Å². The summed E-state index contributed by atoms with van der Waals surface area (Å²) >= 11 is 0. The highest BCUT2D eigenvalue weighted by atomic mass is 16.5. The van der Waals surface area contributed by atoms with E-state index in [1.807, 2.05) is 37.3 Å². The molecule has 5 nitrogen and oxygen atoms in total. The van der Waals surface area contributed by atoms with Gasteiger partial charge in [0.05, 0.1) is 12.8 Å². The van der Waals surface area contributed by atoms with Crippen molar-refractivity contribution in [1.82, 2.24) is 9.97 Å². The lowest BCUT2D eigenvalue weighted by atomic mass is 10.2. The fraction of sp³-hybridized carbons (Fsp3) is 0.214. The van der Waals surface area contributed by atoms with E-state index in [1.54, 1.807) is 7.05 Å². The molecular weight excluding hydrogens is 240 g/mol. The molecule has 0 aliphatic carbocycles. The van der Waals surface area contributed by atoms with Crippen LogP contribution in [0.3, 0.4) is 0 Å². The molecule has 1 N–H and O–H groups in total. The number of aromatic nitrogens is 2. The van der Waals surface area contributed by atoms with Gasteiger partial charge in [-0.1, -0.05) is 0 Å². The van der Waals surface area contributed by atoms with Crippen LogP contribution >= 0.6 is 0 Å². The summed E-state index contributed by atoms with van der Waals surface area (Å²) < 4.78 is 5.38. The van der Waals surface area contributed by atoms with Gasteiger partial charge < -0.3 is 10.1 Å². The second kappa shape index (κ2) is 5.83. The fourth-order valence-corrected chi connectivity index (χ4v) is 1.66. The summed E-state index contributed by atoms with van der Waals surface area (Å²) in [6.45, 7) is 2.58. The van der Waals surface area contributed by atoms with Crippen molar-refractivity contribution in [3.63, 3.8) is 0 Å². The quantitative estimate of drug-likeness (QED) is 0.907. The molecule has 96 valence electrons. The molecule has 0 aliphatic heterocycles. The number of nitrogens with one attached hydrogen (secondary N) is 1. The predicted molar refractivity (Wildman–Crippen MR) is 72.9 cm³/mol. The Morgan fingerprint density at radius 2 is 2.05 bits per heavy atom. The molecule has 0 saturated carbocycles. The Balaban J connectivity index is 2.34. The second-order valence-electron chi connectivity index (χ2n) is 3.78. The zero-order valence-electron chi connectivity index (χ0n) is 10.8. The highest BCUT2D eigenvalue weighted by Gasteiger charge is 2.07. The third-order valence-electron chi connectivity index (χ3n) is 2.57. The van der Waals surface area contributed by atoms with E-state index in [4.69, 9.17) is 10.00 Å². The molecule has 0 amide bonds. The summed E-state index contributed by atoms with van der Waals surface area (Å²) in [4.78, 5) is 8.51. The van der Waals surface area contributed by atoms with Crippen molar-refractivity contribution < 1.29 is 4.74 Å². The van der Waals surface area contributed by atoms with Crippen LogP contribution in [0.25, 0.3) is 11.4 Å². The summed E-state index contributed by atoms with van der Waals surface area (Å²) in [6.07, 6.45) is 1.52. The van der Waals surface area contributed by atoms with Crippen LogP contribution in [-0.4, -0.2) is 23.6 Å². The lowest BCUT2D eigenvalue weighted by Gasteiger charge is -2.06. The molecule has 0 atom stereocenters. The molecule has 5 heteroatoms. The summed E-state index contributed by atoms with van der Waals surface area (Å²) in [7, 11) is 1.73. The summed E-state index contributed by atoms with van der Waals surface area (Å²) in [6, 6.07) is 9.58. The molecule has 0 bridgehead atoms. The molecule has 1 aromatic heterocycles. The standard InChI is InChI=1S/C14H14N4O/c1-3-19-12-6-4-10(5-7-12)14-17-9-11(8-15)13(16-2)18-14/h4-7,9H,3H2,1-2H3,(H,16,17,18). The van der Waals surface area contributed by atoms with Crippen LogP contribution in [0.4, 0.5) is 5.82 Å². The van der Waals surface area contributed by atoms with E-state index >= 15 is 0 Å². The zero-order valence-corrected chi connectivity index (χ0v) is 10.8. The fourth-order valence-electron chi connectivity index (χ4n) is 1.66. The lowest BCUT2D eigenvalue weighted by molar-refractivity contribution is 0.340. The Kier molecular flexibility index (Phi) is 3.94. The van der Waals surface area contributed by atoms with Gasteiger partial charge in [-0.15, -0.1) is 0 Å². The number of nitrogens with zero attached hydrogens (tertiary/aromatic N) is 3. The van der Waals surface area contributed by atoms with Gasteiger partial charge in [0.25, 0.3) is 0 Å². The van der Waals surface area contributed by atoms with Gasteiger partial charge in [-0.25, -0.2) is 9.97 Å². The molecule has 0 unspecified atom stereocenters. The maximum atomic E-state index is 8.92. The Labute approximate surface area is 111 Å². The molecule has 2 rings (SSSR count). The first kappa shape index (κ1) is 12.8. The number of nitriles is 1. The summed E-state index contributed by atoms with van der Waals surface area (Å²) in [5, 5.41) is 11.8.